The van der Waals surface area contributed by atoms with Crippen molar-refractivity contribution in [2.75, 3.05) is 6.61 Å². The topological polar surface area (TPSA) is 54.0 Å². The lowest BCUT2D eigenvalue weighted by Crippen LogP contribution is -2.44. The van der Waals surface area contributed by atoms with Gasteiger partial charge in [-0.15, -0.1) is 0 Å². The number of esters is 1. The summed E-state index contributed by atoms with van der Waals surface area (Å²) in [4.78, 5) is 11.5. The second-order valence-electron chi connectivity index (χ2n) is 5.75. The lowest BCUT2D eigenvalue weighted by atomic mass is 9.94. The lowest BCUT2D eigenvalue weighted by Gasteiger charge is -2.34. The first-order valence-corrected chi connectivity index (χ1v) is 7.60. The maximum absolute atomic E-state index is 11.5. The normalized spacial score (nSPS) is 25.3. The van der Waals surface area contributed by atoms with Gasteiger partial charge in [0.1, 0.15) is 18.1 Å². The fraction of sp³-hybridized carbons (Fsp3) is 0.389. The van der Waals surface area contributed by atoms with Crippen molar-refractivity contribution in [2.45, 2.75) is 39.3 Å². The molecule has 1 fully saturated rings. The molecular weight excluding hydrogens is 296 g/mol. The summed E-state index contributed by atoms with van der Waals surface area (Å²) in [5, 5.41) is 0. The van der Waals surface area contributed by atoms with Gasteiger partial charge >= 0.3 is 11.9 Å². The number of allylic oxidation sites excluding steroid dienone is 1. The van der Waals surface area contributed by atoms with Crippen molar-refractivity contribution >= 4 is 11.5 Å². The van der Waals surface area contributed by atoms with E-state index in [9.17, 15) is 4.79 Å². The molecule has 2 atom stereocenters. The number of rotatable bonds is 4. The van der Waals surface area contributed by atoms with E-state index in [0.29, 0.717) is 24.5 Å². The lowest BCUT2D eigenvalue weighted by molar-refractivity contribution is -0.295. The molecule has 2 aliphatic rings. The van der Waals surface area contributed by atoms with E-state index in [1.54, 1.807) is 12.1 Å². The maximum Gasteiger partial charge on any atom is 0.400 e. The van der Waals surface area contributed by atoms with Crippen LogP contribution in [0.1, 0.15) is 32.8 Å². The molecule has 122 valence electrons. The van der Waals surface area contributed by atoms with Gasteiger partial charge in [0.15, 0.2) is 0 Å². The molecule has 2 aliphatic heterocycles. The molecule has 5 heteroatoms. The molecule has 0 aromatic heterocycles. The van der Waals surface area contributed by atoms with Crippen LogP contribution >= 0.6 is 0 Å². The van der Waals surface area contributed by atoms with E-state index in [0.717, 1.165) is 16.7 Å². The number of carbonyl (C=O) groups is 1. The third-order valence-corrected chi connectivity index (χ3v) is 3.92. The van der Waals surface area contributed by atoms with Gasteiger partial charge in [-0.2, -0.15) is 0 Å². The molecule has 0 bridgehead atoms. The zero-order valence-corrected chi connectivity index (χ0v) is 13.5. The van der Waals surface area contributed by atoms with Crippen LogP contribution in [0.25, 0.3) is 5.57 Å². The van der Waals surface area contributed by atoms with Crippen LogP contribution in [0.5, 0.6) is 11.5 Å². The largest absolute Gasteiger partial charge is 0.489 e. The van der Waals surface area contributed by atoms with Gasteiger partial charge in [0.05, 0.1) is 11.7 Å². The predicted molar refractivity (Wildman–Crippen MR) is 85.0 cm³/mol. The second-order valence-corrected chi connectivity index (χ2v) is 5.75. The van der Waals surface area contributed by atoms with E-state index in [1.165, 1.54) is 6.92 Å². The Bertz CT molecular complexity index is 691. The van der Waals surface area contributed by atoms with E-state index < -0.39 is 11.9 Å². The van der Waals surface area contributed by atoms with Crippen LogP contribution in [0.2, 0.25) is 0 Å². The van der Waals surface area contributed by atoms with Crippen molar-refractivity contribution in [3.8, 4) is 11.5 Å². The molecule has 0 saturated carbocycles. The molecule has 2 heterocycles. The van der Waals surface area contributed by atoms with Crippen molar-refractivity contribution in [1.29, 1.82) is 0 Å². The van der Waals surface area contributed by atoms with Gasteiger partial charge in [-0.1, -0.05) is 12.7 Å². The molecule has 5 nitrogen and oxygen atoms in total. The van der Waals surface area contributed by atoms with Gasteiger partial charge in [0, 0.05) is 25.0 Å². The summed E-state index contributed by atoms with van der Waals surface area (Å²) in [7, 11) is 0. The van der Waals surface area contributed by atoms with Crippen molar-refractivity contribution < 1.29 is 23.7 Å². The average molecular weight is 316 g/mol. The van der Waals surface area contributed by atoms with Crippen molar-refractivity contribution in [3.63, 3.8) is 0 Å². The molecule has 1 aromatic rings. The van der Waals surface area contributed by atoms with Crippen LogP contribution < -0.4 is 9.47 Å². The van der Waals surface area contributed by atoms with Crippen LogP contribution in [-0.2, 0) is 14.3 Å². The number of carbonyl (C=O) groups excluding carboxylic acids is 1. The summed E-state index contributed by atoms with van der Waals surface area (Å²) >= 11 is 0. The first-order chi connectivity index (χ1) is 10.9. The minimum atomic E-state index is -1.46. The molecule has 1 aromatic carbocycles. The maximum atomic E-state index is 11.5. The molecule has 0 radical (unpaired) electrons. The standard InChI is InChI=1S/C18H20O5/c1-5-8-20-14-6-7-15-12(3)16-9-11(2)21-18(16,22-13(4)19)23-17(15)10-14/h5-7,10-11H,1,8-9H2,2-4H3. The summed E-state index contributed by atoms with van der Waals surface area (Å²) in [5.41, 5.74) is 2.81. The molecule has 2 unspecified atom stereocenters. The zero-order chi connectivity index (χ0) is 16.6. The Morgan fingerprint density at radius 3 is 3.00 bits per heavy atom. The molecule has 3 rings (SSSR count). The first kappa shape index (κ1) is 15.6. The third kappa shape index (κ3) is 2.72. The smallest absolute Gasteiger partial charge is 0.400 e. The number of benzene rings is 1. The molecule has 0 amide bonds. The van der Waals surface area contributed by atoms with Gasteiger partial charge in [-0.25, -0.2) is 0 Å². The van der Waals surface area contributed by atoms with Crippen LogP contribution in [0.3, 0.4) is 0 Å². The quantitative estimate of drug-likeness (QED) is 0.629. The number of ether oxygens (including phenoxy) is 4. The number of hydrogen-bond acceptors (Lipinski definition) is 5. The highest BCUT2D eigenvalue weighted by atomic mass is 16.9. The van der Waals surface area contributed by atoms with E-state index in [2.05, 4.69) is 6.58 Å². The fourth-order valence-corrected chi connectivity index (χ4v) is 3.00. The van der Waals surface area contributed by atoms with Gasteiger partial charge in [0.2, 0.25) is 0 Å². The molecule has 1 saturated heterocycles. The third-order valence-electron chi connectivity index (χ3n) is 3.92. The molecule has 23 heavy (non-hydrogen) atoms. The number of hydrogen-bond donors (Lipinski definition) is 0. The van der Waals surface area contributed by atoms with Crippen molar-refractivity contribution in [1.82, 2.24) is 0 Å². The highest BCUT2D eigenvalue weighted by molar-refractivity contribution is 5.77. The molecule has 0 spiro atoms. The Kier molecular flexibility index (Phi) is 3.90. The van der Waals surface area contributed by atoms with Gasteiger partial charge in [0.25, 0.3) is 0 Å². The highest BCUT2D eigenvalue weighted by Crippen LogP contribution is 2.49. The minimum Gasteiger partial charge on any atom is -0.489 e. The zero-order valence-electron chi connectivity index (χ0n) is 13.5. The summed E-state index contributed by atoms with van der Waals surface area (Å²) in [6.45, 7) is 9.29. The summed E-state index contributed by atoms with van der Waals surface area (Å²) in [6.07, 6.45) is 2.24. The van der Waals surface area contributed by atoms with E-state index in [-0.39, 0.29) is 6.10 Å². The van der Waals surface area contributed by atoms with Crippen LogP contribution in [-0.4, -0.2) is 24.7 Å². The number of fused-ring (bicyclic) bond motifs is 2. The molecular formula is C18H20O5. The average Bonchev–Trinajstić information content (AvgIpc) is 2.80. The Hall–Kier alpha value is -2.27. The van der Waals surface area contributed by atoms with Crippen LogP contribution in [0, 0.1) is 0 Å². The monoisotopic (exact) mass is 316 g/mol. The van der Waals surface area contributed by atoms with Crippen LogP contribution in [0.15, 0.2) is 36.4 Å². The van der Waals surface area contributed by atoms with Gasteiger partial charge in [-0.3, -0.25) is 4.79 Å². The van der Waals surface area contributed by atoms with Gasteiger partial charge < -0.3 is 18.9 Å². The Balaban J connectivity index is 2.03. The first-order valence-electron chi connectivity index (χ1n) is 7.60. The Labute approximate surface area is 135 Å². The SMILES string of the molecule is C=CCOc1ccc2c(c1)OC1(OC(C)=O)OC(C)CC1=C2C. The van der Waals surface area contributed by atoms with Crippen molar-refractivity contribution in [2.24, 2.45) is 0 Å². The van der Waals surface area contributed by atoms with Crippen LogP contribution in [0.4, 0.5) is 0 Å². The van der Waals surface area contributed by atoms with E-state index >= 15 is 0 Å². The highest BCUT2D eigenvalue weighted by Gasteiger charge is 2.53. The predicted octanol–water partition coefficient (Wildman–Crippen LogP) is 3.44. The van der Waals surface area contributed by atoms with E-state index in [4.69, 9.17) is 18.9 Å². The fourth-order valence-electron chi connectivity index (χ4n) is 3.00. The summed E-state index contributed by atoms with van der Waals surface area (Å²) < 4.78 is 22.8. The Morgan fingerprint density at radius 2 is 2.30 bits per heavy atom. The van der Waals surface area contributed by atoms with Crippen molar-refractivity contribution in [3.05, 3.63) is 42.0 Å². The van der Waals surface area contributed by atoms with Gasteiger partial charge in [-0.05, 0) is 31.6 Å². The summed E-state index contributed by atoms with van der Waals surface area (Å²) in [5.74, 6) is -0.682. The summed E-state index contributed by atoms with van der Waals surface area (Å²) in [6, 6.07) is 5.60. The Morgan fingerprint density at radius 1 is 1.52 bits per heavy atom. The van der Waals surface area contributed by atoms with E-state index in [1.807, 2.05) is 26.0 Å². The second kappa shape index (κ2) is 5.74. The minimum absolute atomic E-state index is 0.0925. The molecule has 0 N–H and O–H groups in total. The molecule has 0 aliphatic carbocycles.